The predicted molar refractivity (Wildman–Crippen MR) is 148 cm³/mol. The lowest BCUT2D eigenvalue weighted by Gasteiger charge is -2.39. The Bertz CT molecular complexity index is 1710. The molecular weight excluding hydrogens is 568 g/mol. The van der Waals surface area contributed by atoms with Crippen LogP contribution in [0.3, 0.4) is 0 Å². The number of hydrogen-bond acceptors (Lipinski definition) is 13. The largest absolute Gasteiger partial charge is 0.508 e. The van der Waals surface area contributed by atoms with Gasteiger partial charge in [-0.2, -0.15) is 0 Å². The minimum atomic E-state index is -1.90. The Morgan fingerprint density at radius 1 is 0.837 bits per heavy atom. The third-order valence-electron chi connectivity index (χ3n) is 6.64. The molecule has 43 heavy (non-hydrogen) atoms. The summed E-state index contributed by atoms with van der Waals surface area (Å²) in [5.41, 5.74) is -0.328. The van der Waals surface area contributed by atoms with Crippen LogP contribution in [-0.2, 0) is 14.3 Å². The van der Waals surface area contributed by atoms with Crippen molar-refractivity contribution in [1.82, 2.24) is 0 Å². The summed E-state index contributed by atoms with van der Waals surface area (Å²) in [6.07, 6.45) is -6.17. The Kier molecular flexibility index (Phi) is 8.23. The number of hydrogen-bond donors (Lipinski definition) is 7. The molecule has 13 heteroatoms. The molecule has 1 fully saturated rings. The SMILES string of the molecule is O=C(/C=C/c1ccc(O)cc1)OC[C@H]1O[C@@H](Oc2c(-c3ccc(O)cc3)oc3cc(O)cc(O)c3c2=O)[C@@H](O)[C@@H](O)[C@@H]1O. The molecule has 1 aromatic heterocycles. The Morgan fingerprint density at radius 2 is 1.49 bits per heavy atom. The molecule has 5 atom stereocenters. The van der Waals surface area contributed by atoms with E-state index in [-0.39, 0.29) is 33.8 Å². The molecule has 1 aliphatic rings. The van der Waals surface area contributed by atoms with Gasteiger partial charge >= 0.3 is 5.97 Å². The fraction of sp³-hybridized carbons (Fsp3) is 0.200. The molecule has 3 aromatic carbocycles. The lowest BCUT2D eigenvalue weighted by atomic mass is 9.99. The number of esters is 1. The van der Waals surface area contributed by atoms with Crippen molar-refractivity contribution in [3.05, 3.63) is 82.5 Å². The van der Waals surface area contributed by atoms with Crippen molar-refractivity contribution in [2.45, 2.75) is 30.7 Å². The van der Waals surface area contributed by atoms with E-state index in [0.717, 1.165) is 18.2 Å². The Hall–Kier alpha value is -5.08. The van der Waals surface area contributed by atoms with E-state index < -0.39 is 66.0 Å². The van der Waals surface area contributed by atoms with Crippen molar-refractivity contribution in [3.8, 4) is 40.1 Å². The van der Waals surface area contributed by atoms with Gasteiger partial charge in [0.2, 0.25) is 17.5 Å². The maximum Gasteiger partial charge on any atom is 0.330 e. The van der Waals surface area contributed by atoms with E-state index in [2.05, 4.69) is 0 Å². The first-order valence-electron chi connectivity index (χ1n) is 12.8. The van der Waals surface area contributed by atoms with Crippen molar-refractivity contribution in [2.24, 2.45) is 0 Å². The van der Waals surface area contributed by atoms with E-state index in [1.165, 1.54) is 42.5 Å². The van der Waals surface area contributed by atoms with Crippen molar-refractivity contribution < 1.29 is 59.2 Å². The van der Waals surface area contributed by atoms with E-state index >= 15 is 0 Å². The molecule has 0 aliphatic carbocycles. The van der Waals surface area contributed by atoms with Crippen molar-refractivity contribution in [2.75, 3.05) is 6.61 Å². The van der Waals surface area contributed by atoms with Gasteiger partial charge in [0, 0.05) is 23.8 Å². The summed E-state index contributed by atoms with van der Waals surface area (Å²) in [7, 11) is 0. The van der Waals surface area contributed by atoms with E-state index in [1.807, 2.05) is 0 Å². The van der Waals surface area contributed by atoms with Crippen LogP contribution in [0.5, 0.6) is 28.7 Å². The molecule has 7 N–H and O–H groups in total. The van der Waals surface area contributed by atoms with Crippen LogP contribution in [0.15, 0.2) is 76.0 Å². The molecule has 4 aromatic rings. The summed E-state index contributed by atoms with van der Waals surface area (Å²) in [5, 5.41) is 70.6. The van der Waals surface area contributed by atoms with Crippen molar-refractivity contribution in [1.29, 1.82) is 0 Å². The summed E-state index contributed by atoms with van der Waals surface area (Å²) < 4.78 is 22.2. The topological polar surface area (TPSA) is 217 Å². The summed E-state index contributed by atoms with van der Waals surface area (Å²) in [5.74, 6) is -2.70. The molecule has 1 aliphatic heterocycles. The number of ether oxygens (including phenoxy) is 3. The monoisotopic (exact) mass is 594 g/mol. The number of aliphatic hydroxyl groups is 3. The number of phenols is 4. The molecule has 0 bridgehead atoms. The first-order valence-corrected chi connectivity index (χ1v) is 12.8. The van der Waals surface area contributed by atoms with Gasteiger partial charge in [0.05, 0.1) is 0 Å². The number of benzene rings is 3. The van der Waals surface area contributed by atoms with Crippen LogP contribution >= 0.6 is 0 Å². The zero-order chi connectivity index (χ0) is 30.8. The predicted octanol–water partition coefficient (Wildman–Crippen LogP) is 1.73. The van der Waals surface area contributed by atoms with Gasteiger partial charge in [0.1, 0.15) is 65.0 Å². The van der Waals surface area contributed by atoms with Crippen LogP contribution in [0.2, 0.25) is 0 Å². The number of phenolic OH excluding ortho intramolecular Hbond substituents is 4. The highest BCUT2D eigenvalue weighted by atomic mass is 16.7. The van der Waals surface area contributed by atoms with Gasteiger partial charge in [0.25, 0.3) is 0 Å². The maximum absolute atomic E-state index is 13.5. The number of rotatable bonds is 7. The van der Waals surface area contributed by atoms with Gasteiger partial charge in [-0.1, -0.05) is 12.1 Å². The molecule has 0 spiro atoms. The molecule has 13 nitrogen and oxygen atoms in total. The highest BCUT2D eigenvalue weighted by Crippen LogP contribution is 2.37. The highest BCUT2D eigenvalue weighted by Gasteiger charge is 2.46. The summed E-state index contributed by atoms with van der Waals surface area (Å²) in [6, 6.07) is 13.4. The number of fused-ring (bicyclic) bond motifs is 1. The second kappa shape index (κ2) is 12.0. The van der Waals surface area contributed by atoms with E-state index in [0.29, 0.717) is 5.56 Å². The number of carbonyl (C=O) groups is 1. The fourth-order valence-electron chi connectivity index (χ4n) is 4.41. The second-order valence-corrected chi connectivity index (χ2v) is 9.66. The van der Waals surface area contributed by atoms with Gasteiger partial charge in [-0.3, -0.25) is 4.79 Å². The summed E-state index contributed by atoms with van der Waals surface area (Å²) in [4.78, 5) is 25.8. The zero-order valence-corrected chi connectivity index (χ0v) is 22.1. The molecule has 5 rings (SSSR count). The van der Waals surface area contributed by atoms with E-state index in [4.69, 9.17) is 18.6 Å². The van der Waals surface area contributed by atoms with Gasteiger partial charge < -0.3 is 54.4 Å². The highest BCUT2D eigenvalue weighted by molar-refractivity contribution is 5.88. The lowest BCUT2D eigenvalue weighted by Crippen LogP contribution is -2.60. The maximum atomic E-state index is 13.5. The molecule has 0 unspecified atom stereocenters. The molecule has 0 radical (unpaired) electrons. The molecule has 224 valence electrons. The molecule has 1 saturated heterocycles. The Labute approximate surface area is 242 Å². The number of carbonyl (C=O) groups excluding carboxylic acids is 1. The van der Waals surface area contributed by atoms with Crippen molar-refractivity contribution in [3.63, 3.8) is 0 Å². The van der Waals surface area contributed by atoms with Crippen LogP contribution in [0, 0.1) is 0 Å². The zero-order valence-electron chi connectivity index (χ0n) is 22.1. The van der Waals surface area contributed by atoms with Crippen LogP contribution in [-0.4, -0.2) is 79.0 Å². The van der Waals surface area contributed by atoms with Gasteiger partial charge in [-0.15, -0.1) is 0 Å². The second-order valence-electron chi connectivity index (χ2n) is 9.66. The summed E-state index contributed by atoms with van der Waals surface area (Å²) >= 11 is 0. The minimum Gasteiger partial charge on any atom is -0.508 e. The molecule has 0 amide bonds. The lowest BCUT2D eigenvalue weighted by molar-refractivity contribution is -0.278. The smallest absolute Gasteiger partial charge is 0.330 e. The number of aromatic hydroxyl groups is 4. The third kappa shape index (κ3) is 6.24. The van der Waals surface area contributed by atoms with Gasteiger partial charge in [-0.05, 0) is 48.0 Å². The van der Waals surface area contributed by atoms with E-state index in [9.17, 15) is 45.3 Å². The molecular formula is C30H26O13. The van der Waals surface area contributed by atoms with Crippen LogP contribution < -0.4 is 10.2 Å². The Balaban J connectivity index is 1.42. The summed E-state index contributed by atoms with van der Waals surface area (Å²) in [6.45, 7) is -0.583. The van der Waals surface area contributed by atoms with E-state index in [1.54, 1.807) is 12.1 Å². The average molecular weight is 595 g/mol. The standard InChI is InChI=1S/C30H26O13/c31-16-6-1-14(2-7-16)3-10-22(35)40-13-21-24(36)26(38)27(39)30(42-21)43-29-25(37)23-19(34)11-18(33)12-20(23)41-28(29)15-4-8-17(32)9-5-15/h1-12,21,24,26-27,30-34,36,38-39H,13H2/b10-3+/t21-,24-,26+,27+,30+/m1/s1. The average Bonchev–Trinajstić information content (AvgIpc) is 2.97. The molecule has 0 saturated carbocycles. The fourth-order valence-corrected chi connectivity index (χ4v) is 4.41. The quantitative estimate of drug-likeness (QED) is 0.120. The van der Waals surface area contributed by atoms with Crippen LogP contribution in [0.4, 0.5) is 0 Å². The minimum absolute atomic E-state index is 0.0495. The first-order chi connectivity index (χ1) is 20.5. The van der Waals surface area contributed by atoms with Crippen molar-refractivity contribution >= 4 is 23.0 Å². The molecule has 2 heterocycles. The Morgan fingerprint density at radius 3 is 2.16 bits per heavy atom. The van der Waals surface area contributed by atoms with Crippen LogP contribution in [0.1, 0.15) is 5.56 Å². The number of aliphatic hydroxyl groups excluding tert-OH is 3. The first kappa shape index (κ1) is 29.4. The third-order valence-corrected chi connectivity index (χ3v) is 6.64. The van der Waals surface area contributed by atoms with Gasteiger partial charge in [0.15, 0.2) is 5.76 Å². The van der Waals surface area contributed by atoms with Crippen LogP contribution in [0.25, 0.3) is 28.4 Å². The van der Waals surface area contributed by atoms with Gasteiger partial charge in [-0.25, -0.2) is 4.79 Å². The normalized spacial score (nSPS) is 22.1.